The lowest BCUT2D eigenvalue weighted by Crippen LogP contribution is -2.34. The molecule has 0 bridgehead atoms. The van der Waals surface area contributed by atoms with Crippen molar-refractivity contribution >= 4 is 74.8 Å². The molecule has 5 nitrogen and oxygen atoms in total. The molecule has 1 saturated heterocycles. The highest BCUT2D eigenvalue weighted by Gasteiger charge is 2.36. The van der Waals surface area contributed by atoms with Crippen LogP contribution in [0.4, 0.5) is 4.79 Å². The number of nitrogens with zero attached hydrogens (tertiary/aromatic N) is 1. The Morgan fingerprint density at radius 2 is 1.90 bits per heavy atom. The average Bonchev–Trinajstić information content (AvgIpc) is 2.96. The quantitative estimate of drug-likeness (QED) is 0.256. The fourth-order valence-electron chi connectivity index (χ4n) is 2.94. The number of thioether (sulfide) groups is 1. The molecule has 31 heavy (non-hydrogen) atoms. The van der Waals surface area contributed by atoms with Crippen LogP contribution in [0.2, 0.25) is 10.0 Å². The Balaban J connectivity index is 1.88. The number of benzene rings is 2. The largest absolute Gasteiger partial charge is 0.490 e. The van der Waals surface area contributed by atoms with Crippen molar-refractivity contribution in [1.29, 1.82) is 0 Å². The molecule has 0 saturated carbocycles. The van der Waals surface area contributed by atoms with E-state index in [2.05, 4.69) is 22.6 Å². The standard InChI is InChI=1S/C22H20Cl2INO4S/c1-4-29-18-8-13(9-19-21(27)26(12(2)3)22(28)31-19)7-17(25)20(18)30-11-14-5-6-15(23)10-16(14)24/h5-10,12H,4,11H2,1-3H3. The Morgan fingerprint density at radius 3 is 2.52 bits per heavy atom. The predicted molar refractivity (Wildman–Crippen MR) is 134 cm³/mol. The Labute approximate surface area is 209 Å². The van der Waals surface area contributed by atoms with Gasteiger partial charge < -0.3 is 9.47 Å². The molecule has 2 aromatic carbocycles. The van der Waals surface area contributed by atoms with Gasteiger partial charge in [0.15, 0.2) is 11.5 Å². The van der Waals surface area contributed by atoms with Crippen molar-refractivity contribution in [2.45, 2.75) is 33.4 Å². The summed E-state index contributed by atoms with van der Waals surface area (Å²) in [5.41, 5.74) is 1.55. The van der Waals surface area contributed by atoms with E-state index in [0.29, 0.717) is 33.1 Å². The number of imide groups is 1. The van der Waals surface area contributed by atoms with Crippen LogP contribution in [-0.2, 0) is 11.4 Å². The van der Waals surface area contributed by atoms with Gasteiger partial charge in [0.1, 0.15) is 6.61 Å². The molecule has 0 unspecified atom stereocenters. The SMILES string of the molecule is CCOc1cc(C=C2SC(=O)N(C(C)C)C2=O)cc(I)c1OCc1ccc(Cl)cc1Cl. The maximum atomic E-state index is 12.6. The second kappa shape index (κ2) is 10.5. The fourth-order valence-corrected chi connectivity index (χ4v) is 5.14. The number of amides is 2. The Hall–Kier alpha value is -1.42. The highest BCUT2D eigenvalue weighted by atomic mass is 127. The summed E-state index contributed by atoms with van der Waals surface area (Å²) in [6.45, 7) is 6.20. The summed E-state index contributed by atoms with van der Waals surface area (Å²) in [7, 11) is 0. The lowest BCUT2D eigenvalue weighted by atomic mass is 10.1. The highest BCUT2D eigenvalue weighted by molar-refractivity contribution is 14.1. The van der Waals surface area contributed by atoms with Crippen molar-refractivity contribution in [3.8, 4) is 11.5 Å². The Bertz CT molecular complexity index is 1060. The van der Waals surface area contributed by atoms with Gasteiger partial charge in [-0.05, 0) is 91.0 Å². The molecule has 2 amide bonds. The number of carbonyl (C=O) groups is 2. The molecule has 0 aliphatic carbocycles. The van der Waals surface area contributed by atoms with Gasteiger partial charge in [0.25, 0.3) is 11.1 Å². The highest BCUT2D eigenvalue weighted by Crippen LogP contribution is 2.38. The van der Waals surface area contributed by atoms with E-state index in [1.54, 1.807) is 24.3 Å². The molecule has 1 fully saturated rings. The van der Waals surface area contributed by atoms with Crippen LogP contribution in [0.1, 0.15) is 31.9 Å². The van der Waals surface area contributed by atoms with Crippen molar-refractivity contribution < 1.29 is 19.1 Å². The molecule has 3 rings (SSSR count). The molecule has 9 heteroatoms. The zero-order chi connectivity index (χ0) is 22.7. The van der Waals surface area contributed by atoms with E-state index in [4.69, 9.17) is 32.7 Å². The van der Waals surface area contributed by atoms with Gasteiger partial charge in [0.05, 0.1) is 15.1 Å². The van der Waals surface area contributed by atoms with E-state index >= 15 is 0 Å². The van der Waals surface area contributed by atoms with Crippen LogP contribution in [0, 0.1) is 3.57 Å². The molecule has 1 aliphatic rings. The van der Waals surface area contributed by atoms with E-state index in [1.807, 2.05) is 32.9 Å². The fraction of sp³-hybridized carbons (Fsp3) is 0.273. The second-order valence-electron chi connectivity index (χ2n) is 6.93. The van der Waals surface area contributed by atoms with Gasteiger partial charge in [0, 0.05) is 21.7 Å². The molecule has 0 spiro atoms. The topological polar surface area (TPSA) is 55.8 Å². The minimum absolute atomic E-state index is 0.187. The number of hydrogen-bond acceptors (Lipinski definition) is 5. The van der Waals surface area contributed by atoms with Gasteiger partial charge in [0.2, 0.25) is 0 Å². The molecule has 0 atom stereocenters. The van der Waals surface area contributed by atoms with Crippen LogP contribution in [0.3, 0.4) is 0 Å². The van der Waals surface area contributed by atoms with Crippen molar-refractivity contribution in [3.05, 3.63) is 60.0 Å². The first-order valence-corrected chi connectivity index (χ1v) is 12.2. The maximum Gasteiger partial charge on any atom is 0.293 e. The molecular weight excluding hydrogens is 572 g/mol. The van der Waals surface area contributed by atoms with Crippen LogP contribution in [0.15, 0.2) is 35.2 Å². The van der Waals surface area contributed by atoms with E-state index in [0.717, 1.165) is 26.5 Å². The van der Waals surface area contributed by atoms with Crippen LogP contribution >= 0.6 is 57.6 Å². The summed E-state index contributed by atoms with van der Waals surface area (Å²) in [5.74, 6) is 0.852. The van der Waals surface area contributed by atoms with Crippen LogP contribution in [0.25, 0.3) is 6.08 Å². The molecule has 1 heterocycles. The third-order valence-electron chi connectivity index (χ3n) is 4.36. The van der Waals surface area contributed by atoms with Crippen molar-refractivity contribution in [3.63, 3.8) is 0 Å². The van der Waals surface area contributed by atoms with Crippen LogP contribution in [-0.4, -0.2) is 28.7 Å². The third-order valence-corrected chi connectivity index (χ3v) is 6.63. The Morgan fingerprint density at radius 1 is 1.16 bits per heavy atom. The van der Waals surface area contributed by atoms with Crippen molar-refractivity contribution in [2.24, 2.45) is 0 Å². The van der Waals surface area contributed by atoms with Gasteiger partial charge >= 0.3 is 0 Å². The number of ether oxygens (including phenoxy) is 2. The molecule has 1 aliphatic heterocycles. The van der Waals surface area contributed by atoms with Gasteiger partial charge in [-0.15, -0.1) is 0 Å². The summed E-state index contributed by atoms with van der Waals surface area (Å²) < 4.78 is 12.6. The molecule has 0 aromatic heterocycles. The second-order valence-corrected chi connectivity index (χ2v) is 9.93. The summed E-state index contributed by atoms with van der Waals surface area (Å²) >= 11 is 15.3. The van der Waals surface area contributed by atoms with Gasteiger partial charge in [-0.1, -0.05) is 29.3 Å². The molecular formula is C22H20Cl2INO4S. The minimum atomic E-state index is -0.282. The van der Waals surface area contributed by atoms with E-state index < -0.39 is 0 Å². The summed E-state index contributed by atoms with van der Waals surface area (Å²) in [5, 5.41) is 0.827. The minimum Gasteiger partial charge on any atom is -0.490 e. The molecule has 0 radical (unpaired) electrons. The smallest absolute Gasteiger partial charge is 0.293 e. The molecule has 164 valence electrons. The monoisotopic (exact) mass is 591 g/mol. The van der Waals surface area contributed by atoms with Crippen LogP contribution in [0.5, 0.6) is 11.5 Å². The van der Waals surface area contributed by atoms with Crippen LogP contribution < -0.4 is 9.47 Å². The number of rotatable bonds is 7. The molecule has 2 aromatic rings. The summed E-state index contributed by atoms with van der Waals surface area (Å²) in [4.78, 5) is 26.4. The lowest BCUT2D eigenvalue weighted by molar-refractivity contribution is -0.123. The van der Waals surface area contributed by atoms with E-state index in [1.165, 1.54) is 4.90 Å². The number of halogens is 3. The maximum absolute atomic E-state index is 12.6. The normalized spacial score (nSPS) is 15.3. The van der Waals surface area contributed by atoms with E-state index in [-0.39, 0.29) is 23.8 Å². The molecule has 0 N–H and O–H groups in total. The predicted octanol–water partition coefficient (Wildman–Crippen LogP) is 7.02. The Kier molecular flexibility index (Phi) is 8.18. The summed E-state index contributed by atoms with van der Waals surface area (Å²) in [6.07, 6.45) is 1.71. The number of hydrogen-bond donors (Lipinski definition) is 0. The first kappa shape index (κ1) is 24.2. The van der Waals surface area contributed by atoms with Gasteiger partial charge in [-0.25, -0.2) is 0 Å². The third kappa shape index (κ3) is 5.69. The van der Waals surface area contributed by atoms with Crippen molar-refractivity contribution in [2.75, 3.05) is 6.61 Å². The van der Waals surface area contributed by atoms with Gasteiger partial charge in [-0.2, -0.15) is 0 Å². The number of carbonyl (C=O) groups excluding carboxylic acids is 2. The average molecular weight is 592 g/mol. The zero-order valence-electron chi connectivity index (χ0n) is 17.1. The lowest BCUT2D eigenvalue weighted by Gasteiger charge is -2.16. The zero-order valence-corrected chi connectivity index (χ0v) is 21.6. The van der Waals surface area contributed by atoms with Crippen molar-refractivity contribution in [1.82, 2.24) is 4.90 Å². The van der Waals surface area contributed by atoms with Gasteiger partial charge in [-0.3, -0.25) is 14.5 Å². The summed E-state index contributed by atoms with van der Waals surface area (Å²) in [6, 6.07) is 8.74. The first-order valence-electron chi connectivity index (χ1n) is 9.51. The first-order chi connectivity index (χ1) is 14.7. The van der Waals surface area contributed by atoms with E-state index in [9.17, 15) is 9.59 Å².